The average molecular weight is 352 g/mol. The van der Waals surface area contributed by atoms with E-state index in [2.05, 4.69) is 41.0 Å². The zero-order valence-electron chi connectivity index (χ0n) is 14.5. The Hall–Kier alpha value is 1.10. The molecule has 0 aliphatic heterocycles. The second-order valence-corrected chi connectivity index (χ2v) is 8.66. The third kappa shape index (κ3) is 6.08. The SMILES string of the molecule is CC1CC(C)C1.CC1CC2(C1)CC(C)C2.CC1[CH-]C1.[Y]. The van der Waals surface area contributed by atoms with Crippen LogP contribution in [0.4, 0.5) is 0 Å². The van der Waals surface area contributed by atoms with Crippen molar-refractivity contribution in [2.75, 3.05) is 0 Å². The summed E-state index contributed by atoms with van der Waals surface area (Å²) in [6.45, 7) is 11.6. The van der Waals surface area contributed by atoms with Crippen LogP contribution in [0.3, 0.4) is 0 Å². The summed E-state index contributed by atoms with van der Waals surface area (Å²) in [6, 6.07) is 0. The van der Waals surface area contributed by atoms with Gasteiger partial charge in [0.25, 0.3) is 0 Å². The van der Waals surface area contributed by atoms with E-state index >= 15 is 0 Å². The maximum absolute atomic E-state index is 2.38. The third-order valence-corrected chi connectivity index (χ3v) is 5.44. The molecule has 0 bridgehead atoms. The topological polar surface area (TPSA) is 0 Å². The van der Waals surface area contributed by atoms with Gasteiger partial charge in [-0.05, 0) is 67.6 Å². The fourth-order valence-corrected chi connectivity index (χ4v) is 4.61. The van der Waals surface area contributed by atoms with E-state index in [-0.39, 0.29) is 32.7 Å². The number of hydrogen-bond donors (Lipinski definition) is 0. The Morgan fingerprint density at radius 2 is 1.00 bits per heavy atom. The van der Waals surface area contributed by atoms with Gasteiger partial charge in [-0.3, -0.25) is 0 Å². The van der Waals surface area contributed by atoms with E-state index in [1.54, 1.807) is 0 Å². The van der Waals surface area contributed by atoms with Crippen molar-refractivity contribution >= 4 is 0 Å². The van der Waals surface area contributed by atoms with Crippen molar-refractivity contribution in [2.24, 2.45) is 35.0 Å². The summed E-state index contributed by atoms with van der Waals surface area (Å²) in [5, 5.41) is 0. The molecule has 20 heavy (non-hydrogen) atoms. The summed E-state index contributed by atoms with van der Waals surface area (Å²) in [5.41, 5.74) is 0.888. The van der Waals surface area contributed by atoms with Crippen LogP contribution in [0.2, 0.25) is 0 Å². The quantitative estimate of drug-likeness (QED) is 0.461. The maximum Gasteiger partial charge on any atom is 0 e. The molecule has 4 rings (SSSR count). The van der Waals surface area contributed by atoms with Crippen LogP contribution in [-0.4, -0.2) is 0 Å². The molecule has 0 N–H and O–H groups in total. The van der Waals surface area contributed by atoms with Crippen LogP contribution in [0.25, 0.3) is 0 Å². The van der Waals surface area contributed by atoms with Gasteiger partial charge in [-0.15, -0.1) is 0 Å². The fourth-order valence-electron chi connectivity index (χ4n) is 4.61. The molecule has 1 radical (unpaired) electrons. The second kappa shape index (κ2) is 8.10. The van der Waals surface area contributed by atoms with Gasteiger partial charge in [0.15, 0.2) is 0 Å². The van der Waals surface area contributed by atoms with Gasteiger partial charge in [-0.1, -0.05) is 34.6 Å². The molecule has 0 aromatic rings. The average Bonchev–Trinajstić information content (AvgIpc) is 2.96. The van der Waals surface area contributed by atoms with Crippen LogP contribution < -0.4 is 0 Å². The Balaban J connectivity index is 0.000000159. The molecule has 0 aromatic heterocycles. The summed E-state index contributed by atoms with van der Waals surface area (Å²) < 4.78 is 0. The predicted molar refractivity (Wildman–Crippen MR) is 84.9 cm³/mol. The standard InChI is InChI=1S/C9H16.C6H12.C4H7.Y/c1-7-3-9(4-7)5-8(2)6-9;1-5-3-6(2)4-5;1-4-2-3-4;/h7-8H,3-6H2,1-2H3;5-6H,3-4H2,1-2H3;2,4H,3H2,1H3;/q;;-1;. The zero-order valence-corrected chi connectivity index (χ0v) is 17.3. The van der Waals surface area contributed by atoms with Crippen LogP contribution >= 0.6 is 0 Å². The first-order chi connectivity index (χ1) is 8.88. The van der Waals surface area contributed by atoms with E-state index in [4.69, 9.17) is 0 Å². The summed E-state index contributed by atoms with van der Waals surface area (Å²) >= 11 is 0. The second-order valence-electron chi connectivity index (χ2n) is 8.66. The molecule has 4 saturated carbocycles. The van der Waals surface area contributed by atoms with E-state index in [1.807, 2.05) is 0 Å². The molecule has 1 heteroatoms. The minimum atomic E-state index is 0. The Labute approximate surface area is 153 Å². The molecule has 0 amide bonds. The summed E-state index contributed by atoms with van der Waals surface area (Å²) in [4.78, 5) is 0. The number of rotatable bonds is 0. The molecule has 1 atom stereocenters. The fraction of sp³-hybridized carbons (Fsp3) is 0.947. The third-order valence-electron chi connectivity index (χ3n) is 5.44. The van der Waals surface area contributed by atoms with Gasteiger partial charge in [-0.25, -0.2) is 6.42 Å². The molecule has 4 aliphatic rings. The van der Waals surface area contributed by atoms with Crippen molar-refractivity contribution in [3.63, 3.8) is 0 Å². The van der Waals surface area contributed by atoms with Gasteiger partial charge in [0.2, 0.25) is 0 Å². The van der Waals surface area contributed by atoms with Crippen LogP contribution in [0.5, 0.6) is 0 Å². The first kappa shape index (κ1) is 19.2. The number of hydrogen-bond acceptors (Lipinski definition) is 0. The minimum absolute atomic E-state index is 0. The summed E-state index contributed by atoms with van der Waals surface area (Å²) in [7, 11) is 0. The van der Waals surface area contributed by atoms with Crippen molar-refractivity contribution in [1.29, 1.82) is 0 Å². The molecule has 1 spiro atoms. The molecule has 115 valence electrons. The van der Waals surface area contributed by atoms with Crippen LogP contribution in [0, 0.1) is 41.4 Å². The van der Waals surface area contributed by atoms with E-state index in [0.717, 1.165) is 35.0 Å². The molecule has 0 nitrogen and oxygen atoms in total. The van der Waals surface area contributed by atoms with Gasteiger partial charge in [0.1, 0.15) is 0 Å². The molecular formula is C19H35Y-. The van der Waals surface area contributed by atoms with Crippen molar-refractivity contribution < 1.29 is 32.7 Å². The summed E-state index contributed by atoms with van der Waals surface area (Å²) in [6.07, 6.45) is 12.8. The van der Waals surface area contributed by atoms with Gasteiger partial charge in [-0.2, -0.15) is 5.92 Å². The van der Waals surface area contributed by atoms with Crippen molar-refractivity contribution in [1.82, 2.24) is 0 Å². The van der Waals surface area contributed by atoms with Gasteiger partial charge in [0.05, 0.1) is 0 Å². The van der Waals surface area contributed by atoms with E-state index in [0.29, 0.717) is 0 Å². The van der Waals surface area contributed by atoms with E-state index in [9.17, 15) is 0 Å². The molecule has 0 aromatic carbocycles. The molecule has 4 aliphatic carbocycles. The summed E-state index contributed by atoms with van der Waals surface area (Å²) in [5.74, 6) is 5.15. The van der Waals surface area contributed by atoms with Crippen molar-refractivity contribution in [2.45, 2.75) is 79.6 Å². The normalized spacial score (nSPS) is 47.0. The Kier molecular flexibility index (Phi) is 7.75. The van der Waals surface area contributed by atoms with Gasteiger partial charge < -0.3 is 6.42 Å². The smallest absolute Gasteiger partial charge is 0 e. The molecular weight excluding hydrogens is 317 g/mol. The zero-order chi connectivity index (χ0) is 14.0. The first-order valence-electron chi connectivity index (χ1n) is 8.72. The maximum atomic E-state index is 2.38. The van der Waals surface area contributed by atoms with E-state index in [1.165, 1.54) is 44.9 Å². The van der Waals surface area contributed by atoms with Crippen molar-refractivity contribution in [3.8, 4) is 0 Å². The largest absolute Gasteiger partial charge is 0.330 e. The van der Waals surface area contributed by atoms with Crippen molar-refractivity contribution in [3.05, 3.63) is 6.42 Å². The molecule has 0 heterocycles. The Bertz CT molecular complexity index is 238. The van der Waals surface area contributed by atoms with Crippen LogP contribution in [0.15, 0.2) is 0 Å². The van der Waals surface area contributed by atoms with Gasteiger partial charge >= 0.3 is 0 Å². The van der Waals surface area contributed by atoms with Crippen LogP contribution in [0.1, 0.15) is 79.6 Å². The first-order valence-corrected chi connectivity index (χ1v) is 8.72. The molecule has 1 unspecified atom stereocenters. The minimum Gasteiger partial charge on any atom is -0.330 e. The molecule has 4 fully saturated rings. The Morgan fingerprint density at radius 1 is 0.700 bits per heavy atom. The van der Waals surface area contributed by atoms with Gasteiger partial charge in [0, 0.05) is 32.7 Å². The predicted octanol–water partition coefficient (Wildman–Crippen LogP) is 6.11. The monoisotopic (exact) mass is 352 g/mol. The van der Waals surface area contributed by atoms with E-state index < -0.39 is 0 Å². The van der Waals surface area contributed by atoms with Crippen LogP contribution in [-0.2, 0) is 32.7 Å². The molecule has 0 saturated heterocycles. The Morgan fingerprint density at radius 3 is 1.10 bits per heavy atom.